The van der Waals surface area contributed by atoms with Gasteiger partial charge in [-0.05, 0) is 25.0 Å². The molecule has 1 aromatic rings. The summed E-state index contributed by atoms with van der Waals surface area (Å²) in [6, 6.07) is 4.75. The van der Waals surface area contributed by atoms with Gasteiger partial charge in [-0.15, -0.1) is 0 Å². The van der Waals surface area contributed by atoms with E-state index in [-0.39, 0.29) is 23.9 Å². The van der Waals surface area contributed by atoms with E-state index in [0.717, 1.165) is 18.6 Å². The summed E-state index contributed by atoms with van der Waals surface area (Å²) in [6.07, 6.45) is 2.37. The summed E-state index contributed by atoms with van der Waals surface area (Å²) in [4.78, 5) is 27.6. The van der Waals surface area contributed by atoms with Crippen molar-refractivity contribution >= 4 is 29.4 Å². The van der Waals surface area contributed by atoms with Crippen molar-refractivity contribution < 1.29 is 9.59 Å². The predicted molar refractivity (Wildman–Crippen MR) is 90.3 cm³/mol. The highest BCUT2D eigenvalue weighted by Crippen LogP contribution is 2.33. The number of nitrogens with one attached hydrogen (secondary N) is 2. The molecule has 0 bridgehead atoms. The standard InChI is InChI=1S/C15H21N5O2S/c16-8(14(21)9-4-2-6-12(17)18-9)3-1-5-11-13-10(7-23-11)19-15(22)20-13/h2,4,6,8,10-11,13H,1,3,5,7,16H2,(H2,17,18)(H2,19,20,22)/t8?,10-,11-,13-/m0/s1. The SMILES string of the molecule is Nc1cccc(C(=O)C(N)CCC[C@@H]2SC[C@@H]3NC(=O)N[C@@H]32)n1. The lowest BCUT2D eigenvalue weighted by Crippen LogP contribution is -2.37. The molecule has 7 nitrogen and oxygen atoms in total. The lowest BCUT2D eigenvalue weighted by atomic mass is 9.99. The predicted octanol–water partition coefficient (Wildman–Crippen LogP) is 0.510. The van der Waals surface area contributed by atoms with Crippen LogP contribution in [0.1, 0.15) is 29.8 Å². The molecule has 8 heteroatoms. The van der Waals surface area contributed by atoms with Gasteiger partial charge in [0.05, 0.1) is 18.1 Å². The van der Waals surface area contributed by atoms with Crippen molar-refractivity contribution in [2.24, 2.45) is 5.73 Å². The van der Waals surface area contributed by atoms with Crippen LogP contribution in [0.3, 0.4) is 0 Å². The van der Waals surface area contributed by atoms with Gasteiger partial charge in [0.15, 0.2) is 5.78 Å². The topological polar surface area (TPSA) is 123 Å². The van der Waals surface area contributed by atoms with Crippen LogP contribution in [0, 0.1) is 0 Å². The summed E-state index contributed by atoms with van der Waals surface area (Å²) in [5, 5.41) is 6.27. The number of anilines is 1. The first-order valence-electron chi connectivity index (χ1n) is 7.75. The average molecular weight is 335 g/mol. The third-order valence-electron chi connectivity index (χ3n) is 4.30. The van der Waals surface area contributed by atoms with Crippen LogP contribution in [0.25, 0.3) is 0 Å². The van der Waals surface area contributed by atoms with Crippen LogP contribution in [0.2, 0.25) is 0 Å². The molecule has 3 rings (SSSR count). The number of thioether (sulfide) groups is 1. The van der Waals surface area contributed by atoms with E-state index in [1.54, 1.807) is 18.2 Å². The van der Waals surface area contributed by atoms with Crippen LogP contribution in [-0.2, 0) is 0 Å². The van der Waals surface area contributed by atoms with Crippen molar-refractivity contribution in [2.45, 2.75) is 42.6 Å². The molecule has 124 valence electrons. The number of ketones is 1. The maximum absolute atomic E-state index is 12.2. The van der Waals surface area contributed by atoms with E-state index in [4.69, 9.17) is 11.5 Å². The molecule has 3 heterocycles. The third kappa shape index (κ3) is 3.59. The van der Waals surface area contributed by atoms with Crippen molar-refractivity contribution in [1.82, 2.24) is 15.6 Å². The van der Waals surface area contributed by atoms with Crippen molar-refractivity contribution in [3.05, 3.63) is 23.9 Å². The number of aromatic nitrogens is 1. The minimum Gasteiger partial charge on any atom is -0.384 e. The first kappa shape index (κ1) is 16.1. The molecule has 0 radical (unpaired) electrons. The summed E-state index contributed by atoms with van der Waals surface area (Å²) in [5.41, 5.74) is 11.9. The maximum atomic E-state index is 12.2. The van der Waals surface area contributed by atoms with E-state index in [0.29, 0.717) is 23.2 Å². The summed E-state index contributed by atoms with van der Waals surface area (Å²) in [5.74, 6) is 1.08. The number of fused-ring (bicyclic) bond motifs is 1. The Balaban J connectivity index is 1.47. The smallest absolute Gasteiger partial charge is 0.315 e. The number of nitrogen functional groups attached to an aromatic ring is 1. The van der Waals surface area contributed by atoms with Gasteiger partial charge in [0.25, 0.3) is 0 Å². The van der Waals surface area contributed by atoms with Crippen molar-refractivity contribution in [3.8, 4) is 0 Å². The number of carbonyl (C=O) groups excluding carboxylic acids is 2. The number of hydrogen-bond acceptors (Lipinski definition) is 6. The Bertz CT molecular complexity index is 611. The summed E-state index contributed by atoms with van der Waals surface area (Å²) in [7, 11) is 0. The molecule has 23 heavy (non-hydrogen) atoms. The Morgan fingerprint density at radius 2 is 2.26 bits per heavy atom. The molecule has 0 aliphatic carbocycles. The van der Waals surface area contributed by atoms with Crippen molar-refractivity contribution in [3.63, 3.8) is 0 Å². The number of hydrogen-bond donors (Lipinski definition) is 4. The Morgan fingerprint density at radius 1 is 1.43 bits per heavy atom. The first-order valence-corrected chi connectivity index (χ1v) is 8.80. The molecule has 0 spiro atoms. The molecule has 0 saturated carbocycles. The van der Waals surface area contributed by atoms with Gasteiger partial charge < -0.3 is 22.1 Å². The molecule has 2 aliphatic heterocycles. The zero-order valence-corrected chi connectivity index (χ0v) is 13.5. The molecule has 1 aromatic heterocycles. The highest BCUT2D eigenvalue weighted by Gasteiger charge is 2.42. The molecule has 2 amide bonds. The van der Waals surface area contributed by atoms with Crippen LogP contribution in [-0.4, -0.2) is 45.9 Å². The minimum absolute atomic E-state index is 0.0788. The Labute approximate surface area is 139 Å². The minimum atomic E-state index is -0.567. The molecule has 2 saturated heterocycles. The second-order valence-corrected chi connectivity index (χ2v) is 7.24. The highest BCUT2D eigenvalue weighted by molar-refractivity contribution is 8.00. The molecular formula is C15H21N5O2S. The Kier molecular flexibility index (Phi) is 4.72. The van der Waals surface area contributed by atoms with E-state index in [1.165, 1.54) is 0 Å². The summed E-state index contributed by atoms with van der Waals surface area (Å²) < 4.78 is 0. The normalized spacial score (nSPS) is 27.2. The third-order valence-corrected chi connectivity index (χ3v) is 5.81. The zero-order chi connectivity index (χ0) is 16.4. The largest absolute Gasteiger partial charge is 0.384 e. The van der Waals surface area contributed by atoms with Crippen LogP contribution in [0.4, 0.5) is 10.6 Å². The number of pyridine rings is 1. The fraction of sp³-hybridized carbons (Fsp3) is 0.533. The van der Waals surface area contributed by atoms with Crippen LogP contribution >= 0.6 is 11.8 Å². The molecule has 6 N–H and O–H groups in total. The first-order chi connectivity index (χ1) is 11.0. The summed E-state index contributed by atoms with van der Waals surface area (Å²) in [6.45, 7) is 0. The fourth-order valence-corrected chi connectivity index (χ4v) is 4.64. The zero-order valence-electron chi connectivity index (χ0n) is 12.7. The van der Waals surface area contributed by atoms with Gasteiger partial charge in [0.1, 0.15) is 11.5 Å². The van der Waals surface area contributed by atoms with Crippen molar-refractivity contribution in [2.75, 3.05) is 11.5 Å². The van der Waals surface area contributed by atoms with Gasteiger partial charge in [-0.2, -0.15) is 11.8 Å². The van der Waals surface area contributed by atoms with Crippen LogP contribution in [0.5, 0.6) is 0 Å². The lowest BCUT2D eigenvalue weighted by Gasteiger charge is -2.17. The van der Waals surface area contributed by atoms with E-state index in [1.807, 2.05) is 11.8 Å². The Hall–Kier alpha value is -1.80. The second kappa shape index (κ2) is 6.76. The van der Waals surface area contributed by atoms with Gasteiger partial charge in [-0.25, -0.2) is 9.78 Å². The van der Waals surface area contributed by atoms with Gasteiger partial charge in [0, 0.05) is 11.0 Å². The molecule has 0 aromatic carbocycles. The number of nitrogens with zero attached hydrogens (tertiary/aromatic N) is 1. The number of carbonyl (C=O) groups is 2. The number of rotatable bonds is 6. The number of urea groups is 1. The van der Waals surface area contributed by atoms with Gasteiger partial charge in [-0.1, -0.05) is 12.5 Å². The number of Topliss-reactive ketones (excluding diaryl/α,β-unsaturated/α-hetero) is 1. The molecular weight excluding hydrogens is 314 g/mol. The highest BCUT2D eigenvalue weighted by atomic mass is 32.2. The molecule has 2 aliphatic rings. The lowest BCUT2D eigenvalue weighted by molar-refractivity contribution is 0.0951. The monoisotopic (exact) mass is 335 g/mol. The van der Waals surface area contributed by atoms with E-state index < -0.39 is 6.04 Å². The Morgan fingerprint density at radius 3 is 3.04 bits per heavy atom. The van der Waals surface area contributed by atoms with Gasteiger partial charge >= 0.3 is 6.03 Å². The molecule has 1 unspecified atom stereocenters. The maximum Gasteiger partial charge on any atom is 0.315 e. The van der Waals surface area contributed by atoms with E-state index in [9.17, 15) is 9.59 Å². The van der Waals surface area contributed by atoms with Crippen LogP contribution in [0.15, 0.2) is 18.2 Å². The second-order valence-electron chi connectivity index (χ2n) is 5.97. The molecule has 2 fully saturated rings. The van der Waals surface area contributed by atoms with E-state index in [2.05, 4.69) is 15.6 Å². The molecule has 4 atom stereocenters. The quantitative estimate of drug-likeness (QED) is 0.444. The van der Waals surface area contributed by atoms with Gasteiger partial charge in [-0.3, -0.25) is 4.79 Å². The van der Waals surface area contributed by atoms with Crippen LogP contribution < -0.4 is 22.1 Å². The average Bonchev–Trinajstić information content (AvgIpc) is 3.06. The van der Waals surface area contributed by atoms with Gasteiger partial charge in [0.2, 0.25) is 0 Å². The van der Waals surface area contributed by atoms with E-state index >= 15 is 0 Å². The fourth-order valence-electron chi connectivity index (χ4n) is 3.09. The van der Waals surface area contributed by atoms with Crippen molar-refractivity contribution in [1.29, 1.82) is 0 Å². The number of nitrogens with two attached hydrogens (primary N) is 2. The number of amides is 2. The summed E-state index contributed by atoms with van der Waals surface area (Å²) >= 11 is 1.86.